The molecule has 3 nitrogen and oxygen atoms in total. The quantitative estimate of drug-likeness (QED) is 0.757. The molecule has 0 spiro atoms. The van der Waals surface area contributed by atoms with E-state index in [9.17, 15) is 4.79 Å². The maximum absolute atomic E-state index is 12.1. The highest BCUT2D eigenvalue weighted by Crippen LogP contribution is 2.19. The predicted octanol–water partition coefficient (Wildman–Crippen LogP) is 3.35. The molecule has 1 aliphatic rings. The summed E-state index contributed by atoms with van der Waals surface area (Å²) in [5, 5.41) is 2.94. The van der Waals surface area contributed by atoms with Crippen molar-refractivity contribution in [3.63, 3.8) is 0 Å². The van der Waals surface area contributed by atoms with E-state index in [0.29, 0.717) is 12.1 Å². The third-order valence-corrected chi connectivity index (χ3v) is 4.30. The highest BCUT2D eigenvalue weighted by molar-refractivity contribution is 14.1. The predicted molar refractivity (Wildman–Crippen MR) is 82.8 cm³/mol. The lowest BCUT2D eigenvalue weighted by Gasteiger charge is -2.22. The van der Waals surface area contributed by atoms with Gasteiger partial charge in [-0.2, -0.15) is 0 Å². The van der Waals surface area contributed by atoms with Crippen molar-refractivity contribution in [3.05, 3.63) is 31.8 Å². The van der Waals surface area contributed by atoms with Crippen LogP contribution in [-0.2, 0) is 4.74 Å². The topological polar surface area (TPSA) is 38.3 Å². The Morgan fingerprint density at radius 3 is 3.06 bits per heavy atom. The minimum atomic E-state index is -0.0467. The van der Waals surface area contributed by atoms with Crippen LogP contribution in [0.4, 0.5) is 0 Å². The minimum Gasteiger partial charge on any atom is -0.376 e. The van der Waals surface area contributed by atoms with Gasteiger partial charge in [-0.25, -0.2) is 0 Å². The van der Waals surface area contributed by atoms with Gasteiger partial charge in [0.25, 0.3) is 5.91 Å². The summed E-state index contributed by atoms with van der Waals surface area (Å²) in [6.07, 6.45) is 3.53. The number of amides is 1. The Labute approximate surface area is 129 Å². The van der Waals surface area contributed by atoms with Crippen LogP contribution in [0.5, 0.6) is 0 Å². The Bertz CT molecular complexity index is 433. The Morgan fingerprint density at radius 1 is 1.50 bits per heavy atom. The van der Waals surface area contributed by atoms with Crippen LogP contribution in [0.2, 0.25) is 0 Å². The van der Waals surface area contributed by atoms with Gasteiger partial charge in [0, 0.05) is 21.2 Å². The Kier molecular flexibility index (Phi) is 5.44. The van der Waals surface area contributed by atoms with Crippen molar-refractivity contribution in [1.82, 2.24) is 5.32 Å². The lowest BCUT2D eigenvalue weighted by molar-refractivity contribution is 0.0169. The fourth-order valence-electron chi connectivity index (χ4n) is 1.94. The molecule has 0 aromatic heterocycles. The van der Waals surface area contributed by atoms with Gasteiger partial charge in [-0.05, 0) is 76.0 Å². The number of benzene rings is 1. The summed E-state index contributed by atoms with van der Waals surface area (Å²) in [5.74, 6) is -0.0467. The maximum Gasteiger partial charge on any atom is 0.252 e. The summed E-state index contributed by atoms with van der Waals surface area (Å²) < 4.78 is 7.47. The molecule has 1 atom stereocenters. The van der Waals surface area contributed by atoms with Gasteiger partial charge >= 0.3 is 0 Å². The number of nitrogens with one attached hydrogen (secondary N) is 1. The first-order chi connectivity index (χ1) is 8.66. The molecule has 1 aromatic carbocycles. The lowest BCUT2D eigenvalue weighted by atomic mass is 10.1. The first-order valence-corrected chi connectivity index (χ1v) is 7.89. The smallest absolute Gasteiger partial charge is 0.252 e. The zero-order valence-corrected chi connectivity index (χ0v) is 13.7. The summed E-state index contributed by atoms with van der Waals surface area (Å²) in [6, 6.07) is 5.74. The summed E-state index contributed by atoms with van der Waals surface area (Å²) in [4.78, 5) is 12.1. The molecule has 18 heavy (non-hydrogen) atoms. The molecule has 2 rings (SSSR count). The number of rotatable bonds is 3. The van der Waals surface area contributed by atoms with Gasteiger partial charge in [0.1, 0.15) is 0 Å². The molecule has 1 aromatic rings. The highest BCUT2D eigenvalue weighted by atomic mass is 127. The van der Waals surface area contributed by atoms with Gasteiger partial charge in [0.05, 0.1) is 11.7 Å². The van der Waals surface area contributed by atoms with E-state index in [1.807, 2.05) is 18.2 Å². The van der Waals surface area contributed by atoms with Crippen LogP contribution in [0, 0.1) is 3.57 Å². The zero-order valence-electron chi connectivity index (χ0n) is 9.92. The average molecular weight is 424 g/mol. The second kappa shape index (κ2) is 6.86. The van der Waals surface area contributed by atoms with Crippen LogP contribution in [0.1, 0.15) is 29.6 Å². The van der Waals surface area contributed by atoms with Crippen LogP contribution < -0.4 is 5.32 Å². The second-order valence-corrected chi connectivity index (χ2v) is 6.42. The lowest BCUT2D eigenvalue weighted by Crippen LogP contribution is -2.35. The standard InChI is InChI=1S/C13H15BrINO2/c14-12-5-4-9(15)7-11(12)13(17)16-8-10-3-1-2-6-18-10/h4-5,7,10H,1-3,6,8H2,(H,16,17). The van der Waals surface area contributed by atoms with Crippen LogP contribution in [0.3, 0.4) is 0 Å². The van der Waals surface area contributed by atoms with Gasteiger partial charge in [0.2, 0.25) is 0 Å². The Hall–Kier alpha value is -0.140. The first-order valence-electron chi connectivity index (χ1n) is 6.01. The van der Waals surface area contributed by atoms with Crippen molar-refractivity contribution in [3.8, 4) is 0 Å². The average Bonchev–Trinajstić information content (AvgIpc) is 2.40. The van der Waals surface area contributed by atoms with E-state index >= 15 is 0 Å². The molecule has 1 saturated heterocycles. The zero-order chi connectivity index (χ0) is 13.0. The molecule has 5 heteroatoms. The normalized spacial score (nSPS) is 19.6. The summed E-state index contributed by atoms with van der Waals surface area (Å²) in [5.41, 5.74) is 0.678. The van der Waals surface area contributed by atoms with E-state index < -0.39 is 0 Å². The summed E-state index contributed by atoms with van der Waals surface area (Å²) in [7, 11) is 0. The SMILES string of the molecule is O=C(NCC1CCCCO1)c1cc(I)ccc1Br. The fourth-order valence-corrected chi connectivity index (χ4v) is 2.86. The third-order valence-electron chi connectivity index (χ3n) is 2.94. The fraction of sp³-hybridized carbons (Fsp3) is 0.462. The molecule has 1 unspecified atom stereocenters. The maximum atomic E-state index is 12.1. The molecular formula is C13H15BrINO2. The number of ether oxygens (including phenoxy) is 1. The number of halogens is 2. The molecule has 1 heterocycles. The van der Waals surface area contributed by atoms with Crippen LogP contribution in [0.25, 0.3) is 0 Å². The Morgan fingerprint density at radius 2 is 2.33 bits per heavy atom. The van der Waals surface area contributed by atoms with Crippen molar-refractivity contribution in [2.24, 2.45) is 0 Å². The van der Waals surface area contributed by atoms with Gasteiger partial charge in [-0.3, -0.25) is 4.79 Å². The van der Waals surface area contributed by atoms with E-state index in [0.717, 1.165) is 27.5 Å². The van der Waals surface area contributed by atoms with E-state index in [-0.39, 0.29) is 12.0 Å². The third kappa shape index (κ3) is 3.93. The van der Waals surface area contributed by atoms with Crippen LogP contribution in [-0.4, -0.2) is 25.2 Å². The first kappa shape index (κ1) is 14.3. The van der Waals surface area contributed by atoms with Gasteiger partial charge in [-0.1, -0.05) is 0 Å². The van der Waals surface area contributed by atoms with Crippen LogP contribution >= 0.6 is 38.5 Å². The monoisotopic (exact) mass is 423 g/mol. The number of carbonyl (C=O) groups is 1. The molecule has 0 radical (unpaired) electrons. The molecule has 1 aliphatic heterocycles. The largest absolute Gasteiger partial charge is 0.376 e. The highest BCUT2D eigenvalue weighted by Gasteiger charge is 2.16. The molecule has 98 valence electrons. The minimum absolute atomic E-state index is 0.0467. The molecule has 1 N–H and O–H groups in total. The number of hydrogen-bond acceptors (Lipinski definition) is 2. The number of hydrogen-bond donors (Lipinski definition) is 1. The van der Waals surface area contributed by atoms with Crippen molar-refractivity contribution in [2.45, 2.75) is 25.4 Å². The van der Waals surface area contributed by atoms with E-state index in [4.69, 9.17) is 4.74 Å². The van der Waals surface area contributed by atoms with E-state index in [1.54, 1.807) is 0 Å². The molecule has 0 aliphatic carbocycles. The van der Waals surface area contributed by atoms with Crippen LogP contribution in [0.15, 0.2) is 22.7 Å². The van der Waals surface area contributed by atoms with Gasteiger partial charge in [0.15, 0.2) is 0 Å². The molecular weight excluding hydrogens is 409 g/mol. The van der Waals surface area contributed by atoms with E-state index in [2.05, 4.69) is 43.8 Å². The summed E-state index contributed by atoms with van der Waals surface area (Å²) in [6.45, 7) is 1.41. The molecule has 0 bridgehead atoms. The van der Waals surface area contributed by atoms with Crippen molar-refractivity contribution >= 4 is 44.4 Å². The van der Waals surface area contributed by atoms with Gasteiger partial charge in [-0.15, -0.1) is 0 Å². The van der Waals surface area contributed by atoms with Crippen molar-refractivity contribution < 1.29 is 9.53 Å². The van der Waals surface area contributed by atoms with Crippen molar-refractivity contribution in [2.75, 3.05) is 13.2 Å². The second-order valence-electron chi connectivity index (χ2n) is 4.32. The van der Waals surface area contributed by atoms with Gasteiger partial charge < -0.3 is 10.1 Å². The van der Waals surface area contributed by atoms with E-state index in [1.165, 1.54) is 6.42 Å². The molecule has 1 fully saturated rings. The Balaban J connectivity index is 1.92. The molecule has 0 saturated carbocycles. The number of carbonyl (C=O) groups excluding carboxylic acids is 1. The van der Waals surface area contributed by atoms with Crippen molar-refractivity contribution in [1.29, 1.82) is 0 Å². The molecule has 1 amide bonds. The summed E-state index contributed by atoms with van der Waals surface area (Å²) >= 11 is 5.60.